The number of hydrogen-bond acceptors (Lipinski definition) is 4. The average Bonchev–Trinajstić information content (AvgIpc) is 3.03. The third kappa shape index (κ3) is 4.56. The lowest BCUT2D eigenvalue weighted by Gasteiger charge is -2.17. The highest BCUT2D eigenvalue weighted by Gasteiger charge is 2.16. The van der Waals surface area contributed by atoms with Crippen molar-refractivity contribution in [2.45, 2.75) is 25.5 Å². The quantitative estimate of drug-likeness (QED) is 0.789. The number of aliphatic hydroxyl groups is 1. The largest absolute Gasteiger partial charge is 0.467 e. The average molecular weight is 317 g/mol. The van der Waals surface area contributed by atoms with E-state index >= 15 is 0 Å². The Hall–Kier alpha value is -2.85. The lowest BCUT2D eigenvalue weighted by Crippen LogP contribution is -2.37. The summed E-state index contributed by atoms with van der Waals surface area (Å²) >= 11 is 0. The zero-order valence-corrected chi connectivity index (χ0v) is 12.4. The summed E-state index contributed by atoms with van der Waals surface area (Å²) in [7, 11) is 0. The van der Waals surface area contributed by atoms with Crippen LogP contribution in [0.4, 0.5) is 14.9 Å². The Balaban J connectivity index is 1.88. The fourth-order valence-corrected chi connectivity index (χ4v) is 2.07. The van der Waals surface area contributed by atoms with E-state index in [9.17, 15) is 14.3 Å². The summed E-state index contributed by atoms with van der Waals surface area (Å²) in [4.78, 5) is 11.9. The first-order chi connectivity index (χ1) is 11.0. The Labute approximate surface area is 132 Å². The van der Waals surface area contributed by atoms with E-state index in [2.05, 4.69) is 10.6 Å². The monoisotopic (exact) mass is 317 g/mol. The maximum Gasteiger partial charge on any atom is 0.319 e. The Bertz CT molecular complexity index is 710. The third-order valence-corrected chi connectivity index (χ3v) is 3.17. The summed E-state index contributed by atoms with van der Waals surface area (Å²) in [6, 6.07) is 7.90. The molecule has 0 aliphatic heterocycles. The number of nitriles is 1. The number of aliphatic hydroxyl groups excluding tert-OH is 1. The van der Waals surface area contributed by atoms with Crippen LogP contribution in [0.15, 0.2) is 41.0 Å². The molecular formula is C16H16FN3O3. The van der Waals surface area contributed by atoms with E-state index in [0.29, 0.717) is 11.4 Å². The molecule has 0 bridgehead atoms. The molecule has 2 atom stereocenters. The normalized spacial score (nSPS) is 13.0. The number of carbonyl (C=O) groups is 1. The van der Waals surface area contributed by atoms with Gasteiger partial charge in [-0.3, -0.25) is 0 Å². The van der Waals surface area contributed by atoms with Crippen LogP contribution in [0.1, 0.15) is 30.8 Å². The number of furan rings is 1. The molecule has 2 aromatic rings. The van der Waals surface area contributed by atoms with Crippen molar-refractivity contribution < 1.29 is 18.7 Å². The molecule has 0 saturated heterocycles. The lowest BCUT2D eigenvalue weighted by atomic mass is 10.1. The molecule has 3 N–H and O–H groups in total. The van der Waals surface area contributed by atoms with Gasteiger partial charge in [0.15, 0.2) is 0 Å². The molecule has 0 saturated carbocycles. The SMILES string of the molecule is CC(CC(O)c1ccco1)NC(=O)Nc1ccc(F)c(C#N)c1. The van der Waals surface area contributed by atoms with Gasteiger partial charge in [0, 0.05) is 18.2 Å². The van der Waals surface area contributed by atoms with E-state index in [1.54, 1.807) is 25.1 Å². The van der Waals surface area contributed by atoms with Crippen molar-refractivity contribution in [2.75, 3.05) is 5.32 Å². The summed E-state index contributed by atoms with van der Waals surface area (Å²) in [5.41, 5.74) is 0.156. The van der Waals surface area contributed by atoms with Gasteiger partial charge < -0.3 is 20.2 Å². The third-order valence-electron chi connectivity index (χ3n) is 3.17. The van der Waals surface area contributed by atoms with Gasteiger partial charge in [-0.05, 0) is 37.3 Å². The lowest BCUT2D eigenvalue weighted by molar-refractivity contribution is 0.130. The second-order valence-corrected chi connectivity index (χ2v) is 5.07. The second-order valence-electron chi connectivity index (χ2n) is 5.07. The molecule has 2 amide bonds. The first-order valence-electron chi connectivity index (χ1n) is 6.98. The molecule has 23 heavy (non-hydrogen) atoms. The van der Waals surface area contributed by atoms with Gasteiger partial charge in [0.05, 0.1) is 11.8 Å². The van der Waals surface area contributed by atoms with E-state index in [4.69, 9.17) is 9.68 Å². The van der Waals surface area contributed by atoms with Gasteiger partial charge >= 0.3 is 6.03 Å². The smallest absolute Gasteiger partial charge is 0.319 e. The maximum atomic E-state index is 13.2. The molecule has 0 spiro atoms. The standard InChI is InChI=1S/C16H16FN3O3/c1-10(7-14(21)15-3-2-6-23-15)19-16(22)20-12-4-5-13(17)11(8-12)9-18/h2-6,8,10,14,21H,7H2,1H3,(H2,19,20,22). The number of benzene rings is 1. The van der Waals surface area contributed by atoms with Gasteiger partial charge in [0.2, 0.25) is 0 Å². The molecule has 1 aromatic carbocycles. The fourth-order valence-electron chi connectivity index (χ4n) is 2.07. The van der Waals surface area contributed by atoms with Gasteiger partial charge in [-0.15, -0.1) is 0 Å². The second kappa shape index (κ2) is 7.42. The van der Waals surface area contributed by atoms with Crippen molar-refractivity contribution in [3.05, 3.63) is 53.7 Å². The van der Waals surface area contributed by atoms with Gasteiger partial charge in [0.1, 0.15) is 23.8 Å². The van der Waals surface area contributed by atoms with E-state index in [1.165, 1.54) is 18.4 Å². The van der Waals surface area contributed by atoms with Crippen LogP contribution >= 0.6 is 0 Å². The zero-order valence-electron chi connectivity index (χ0n) is 12.4. The van der Waals surface area contributed by atoms with Crippen molar-refractivity contribution in [2.24, 2.45) is 0 Å². The molecule has 2 rings (SSSR count). The molecule has 0 fully saturated rings. The predicted molar refractivity (Wildman–Crippen MR) is 81.0 cm³/mol. The van der Waals surface area contributed by atoms with Crippen LogP contribution in [-0.4, -0.2) is 17.2 Å². The minimum absolute atomic E-state index is 0.149. The molecule has 7 heteroatoms. The first kappa shape index (κ1) is 16.5. The highest BCUT2D eigenvalue weighted by Crippen LogP contribution is 2.18. The minimum atomic E-state index is -0.823. The number of nitrogens with one attached hydrogen (secondary N) is 2. The minimum Gasteiger partial charge on any atom is -0.467 e. The molecule has 2 unspecified atom stereocenters. The van der Waals surface area contributed by atoms with Crippen LogP contribution in [0.5, 0.6) is 0 Å². The molecule has 120 valence electrons. The molecule has 1 heterocycles. The van der Waals surface area contributed by atoms with Gasteiger partial charge in [-0.2, -0.15) is 5.26 Å². The van der Waals surface area contributed by atoms with Gasteiger partial charge in [0.25, 0.3) is 0 Å². The van der Waals surface area contributed by atoms with Crippen LogP contribution < -0.4 is 10.6 Å². The number of carbonyl (C=O) groups excluding carboxylic acids is 1. The van der Waals surface area contributed by atoms with Crippen molar-refractivity contribution in [1.82, 2.24) is 5.32 Å². The number of hydrogen-bond donors (Lipinski definition) is 3. The van der Waals surface area contributed by atoms with E-state index in [1.807, 2.05) is 0 Å². The molecule has 6 nitrogen and oxygen atoms in total. The fraction of sp³-hybridized carbons (Fsp3) is 0.250. The van der Waals surface area contributed by atoms with E-state index in [0.717, 1.165) is 6.07 Å². The Kier molecular flexibility index (Phi) is 5.33. The number of urea groups is 1. The van der Waals surface area contributed by atoms with E-state index < -0.39 is 18.0 Å². The van der Waals surface area contributed by atoms with Crippen molar-refractivity contribution in [3.8, 4) is 6.07 Å². The summed E-state index contributed by atoms with van der Waals surface area (Å²) in [5.74, 6) is -0.218. The van der Waals surface area contributed by atoms with Crippen molar-refractivity contribution >= 4 is 11.7 Å². The number of rotatable bonds is 5. The maximum absolute atomic E-state index is 13.2. The summed E-state index contributed by atoms with van der Waals surface area (Å²) in [5, 5.41) is 23.8. The predicted octanol–water partition coefficient (Wildman–Crippen LogP) is 2.92. The molecule has 0 radical (unpaired) electrons. The molecule has 1 aromatic heterocycles. The van der Waals surface area contributed by atoms with Crippen LogP contribution in [0.3, 0.4) is 0 Å². The number of nitrogens with zero attached hydrogens (tertiary/aromatic N) is 1. The summed E-state index contributed by atoms with van der Waals surface area (Å²) < 4.78 is 18.3. The number of anilines is 1. The molecule has 0 aliphatic rings. The Morgan fingerprint density at radius 1 is 1.48 bits per heavy atom. The highest BCUT2D eigenvalue weighted by molar-refractivity contribution is 5.89. The zero-order chi connectivity index (χ0) is 16.8. The van der Waals surface area contributed by atoms with Gasteiger partial charge in [-0.1, -0.05) is 0 Å². The van der Waals surface area contributed by atoms with Crippen LogP contribution in [-0.2, 0) is 0 Å². The van der Waals surface area contributed by atoms with Crippen molar-refractivity contribution in [1.29, 1.82) is 5.26 Å². The van der Waals surface area contributed by atoms with Gasteiger partial charge in [-0.25, -0.2) is 9.18 Å². The Morgan fingerprint density at radius 2 is 2.26 bits per heavy atom. The van der Waals surface area contributed by atoms with E-state index in [-0.39, 0.29) is 18.0 Å². The molecular weight excluding hydrogens is 301 g/mol. The first-order valence-corrected chi connectivity index (χ1v) is 6.98. The topological polar surface area (TPSA) is 98.3 Å². The van der Waals surface area contributed by atoms with Crippen LogP contribution in [0.2, 0.25) is 0 Å². The van der Waals surface area contributed by atoms with Crippen LogP contribution in [0.25, 0.3) is 0 Å². The summed E-state index contributed by atoms with van der Waals surface area (Å²) in [6.07, 6.45) is 0.912. The number of amides is 2. The highest BCUT2D eigenvalue weighted by atomic mass is 19.1. The summed E-state index contributed by atoms with van der Waals surface area (Å²) in [6.45, 7) is 1.73. The molecule has 0 aliphatic carbocycles. The Morgan fingerprint density at radius 3 is 2.91 bits per heavy atom. The van der Waals surface area contributed by atoms with Crippen LogP contribution in [0, 0.1) is 17.1 Å². The number of halogens is 1. The van der Waals surface area contributed by atoms with Crippen molar-refractivity contribution in [3.63, 3.8) is 0 Å².